The number of ether oxygens (including phenoxy) is 3. The molecule has 2 aliphatic rings. The minimum absolute atomic E-state index is 0.0204. The number of carboxylic acids is 1. The number of hydrogen-bond acceptors (Lipinski definition) is 13. The van der Waals surface area contributed by atoms with Crippen LogP contribution in [0.15, 0.2) is 70.3 Å². The number of carbonyl (C=O) groups excluding carboxylic acids is 3. The molecule has 22 heteroatoms. The Morgan fingerprint density at radius 3 is 1.49 bits per heavy atom. The number of nitrogens with zero attached hydrogens (tertiary/aromatic N) is 6. The molecule has 6 heterocycles. The lowest BCUT2D eigenvalue weighted by Gasteiger charge is -2.34. The van der Waals surface area contributed by atoms with E-state index in [1.165, 1.54) is 19.2 Å². The Morgan fingerprint density at radius 1 is 0.690 bits per heavy atom. The lowest BCUT2D eigenvalue weighted by molar-refractivity contribution is 0.0488. The van der Waals surface area contributed by atoms with Crippen molar-refractivity contribution in [1.29, 1.82) is 0 Å². The average molecular weight is 1020 g/mol. The molecule has 2 aliphatic heterocycles. The molecule has 2 fully saturated rings. The topological polar surface area (TPSA) is 248 Å². The molecule has 2 aromatic carbocycles. The van der Waals surface area contributed by atoms with Crippen molar-refractivity contribution >= 4 is 81.3 Å². The van der Waals surface area contributed by atoms with Gasteiger partial charge < -0.3 is 58.9 Å². The van der Waals surface area contributed by atoms with Crippen LogP contribution in [0.4, 0.5) is 21.5 Å². The molecule has 71 heavy (non-hydrogen) atoms. The molecule has 5 N–H and O–H groups in total. The summed E-state index contributed by atoms with van der Waals surface area (Å²) in [6, 6.07) is 17.2. The molecule has 0 saturated carbocycles. The molecule has 2 amide bonds. The Bertz CT molecular complexity index is 3080. The van der Waals surface area contributed by atoms with E-state index in [9.17, 15) is 33.9 Å². The number of esters is 1. The number of benzene rings is 2. The van der Waals surface area contributed by atoms with Gasteiger partial charge in [-0.1, -0.05) is 59.6 Å². The van der Waals surface area contributed by atoms with Crippen molar-refractivity contribution < 1.29 is 38.5 Å². The highest BCUT2D eigenvalue weighted by Gasteiger charge is 2.31. The summed E-state index contributed by atoms with van der Waals surface area (Å²) in [7, 11) is 1.25. The van der Waals surface area contributed by atoms with Gasteiger partial charge in [0.15, 0.2) is 0 Å². The van der Waals surface area contributed by atoms with Gasteiger partial charge in [0.1, 0.15) is 33.6 Å². The first kappa shape index (κ1) is 51.8. The zero-order valence-electron chi connectivity index (χ0n) is 40.6. The Kier molecular flexibility index (Phi) is 15.7. The fraction of sp³-hybridized carbons (Fsp3) is 0.429. The van der Waals surface area contributed by atoms with Crippen LogP contribution in [0.2, 0.25) is 10.0 Å². The Hall–Kier alpha value is -7.06. The number of hydrogen-bond donors (Lipinski definition) is 5. The lowest BCUT2D eigenvalue weighted by Crippen LogP contribution is -2.49. The van der Waals surface area contributed by atoms with E-state index in [1.807, 2.05) is 67.0 Å². The second kappa shape index (κ2) is 21.5. The number of fused-ring (bicyclic) bond motifs is 2. The lowest BCUT2D eigenvalue weighted by atomic mass is 10.1. The molecule has 0 spiro atoms. The summed E-state index contributed by atoms with van der Waals surface area (Å²) in [6.07, 6.45) is 2.18. The molecule has 0 radical (unpaired) electrons. The molecular weight excluding hydrogens is 960 g/mol. The summed E-state index contributed by atoms with van der Waals surface area (Å²) >= 11 is 12.8. The molecule has 0 aliphatic carbocycles. The van der Waals surface area contributed by atoms with Crippen LogP contribution in [-0.4, -0.2) is 115 Å². The zero-order valence-corrected chi connectivity index (χ0v) is 42.1. The van der Waals surface area contributed by atoms with E-state index in [0.717, 1.165) is 36.8 Å². The smallest absolute Gasteiger partial charge is 0.407 e. The summed E-state index contributed by atoms with van der Waals surface area (Å²) in [5, 5.41) is 16.3. The summed E-state index contributed by atoms with van der Waals surface area (Å²) < 4.78 is 19.1. The summed E-state index contributed by atoms with van der Waals surface area (Å²) in [6.45, 7) is 13.7. The standard InChI is InChI=1S/C25H30ClN5O5.C24H28ClN5O5/c1-25(2,3)36-24(34)27-16-9-7-11-30(14-16)23-29-18-12-19(22(33)35-4)28-21(32)20(18)31(23)13-15-8-5-6-10-17(15)26;1-24(2,3)35-23(34)26-15-8-6-10-29(13-15)22-28-17-11-18(21(32)33)27-20(31)19(17)30(22)12-14-7-4-5-9-16(14)25/h5-6,8,10,12,16H,7,9,11,13-14H2,1-4H3,(H,27,34)(H,28,32);4-5,7,9,11,15H,6,8,10,12-13H2,1-3H3,(H,26,34)(H,27,31)(H,32,33)/t16-;15-/m11/s1. The Labute approximate surface area is 418 Å². The fourth-order valence-electron chi connectivity index (χ4n) is 8.52. The van der Waals surface area contributed by atoms with Crippen molar-refractivity contribution in [2.24, 2.45) is 0 Å². The van der Waals surface area contributed by atoms with E-state index in [4.69, 9.17) is 42.4 Å². The first-order valence-electron chi connectivity index (χ1n) is 23.1. The van der Waals surface area contributed by atoms with Gasteiger partial charge in [0.25, 0.3) is 11.1 Å². The van der Waals surface area contributed by atoms with E-state index in [1.54, 1.807) is 42.0 Å². The van der Waals surface area contributed by atoms with E-state index >= 15 is 0 Å². The summed E-state index contributed by atoms with van der Waals surface area (Å²) in [4.78, 5) is 92.7. The third-order valence-electron chi connectivity index (χ3n) is 11.5. The maximum Gasteiger partial charge on any atom is 0.407 e. The van der Waals surface area contributed by atoms with Gasteiger partial charge in [0.2, 0.25) is 11.9 Å². The summed E-state index contributed by atoms with van der Waals surface area (Å²) in [5.41, 5.74) is 0.389. The molecule has 378 valence electrons. The van der Waals surface area contributed by atoms with Crippen molar-refractivity contribution in [2.75, 3.05) is 43.1 Å². The van der Waals surface area contributed by atoms with Crippen molar-refractivity contribution in [3.63, 3.8) is 0 Å². The molecule has 4 aromatic heterocycles. The molecule has 6 aromatic rings. The first-order chi connectivity index (χ1) is 33.6. The number of halogens is 2. The number of piperidine rings is 2. The largest absolute Gasteiger partial charge is 0.477 e. The second-order valence-corrected chi connectivity index (χ2v) is 20.1. The average Bonchev–Trinajstić information content (AvgIpc) is 3.85. The minimum atomic E-state index is -1.24. The van der Waals surface area contributed by atoms with Gasteiger partial charge in [-0.05, 0) is 103 Å². The number of carboxylic acid groups (broad SMARTS) is 1. The van der Waals surface area contributed by atoms with Crippen LogP contribution in [0, 0.1) is 0 Å². The van der Waals surface area contributed by atoms with Crippen LogP contribution in [0.25, 0.3) is 22.1 Å². The van der Waals surface area contributed by atoms with Crippen molar-refractivity contribution in [2.45, 2.75) is 104 Å². The number of carbonyl (C=O) groups is 4. The third-order valence-corrected chi connectivity index (χ3v) is 12.2. The number of anilines is 2. The molecular formula is C49H58Cl2N10O10. The highest BCUT2D eigenvalue weighted by molar-refractivity contribution is 6.31. The number of amides is 2. The highest BCUT2D eigenvalue weighted by Crippen LogP contribution is 2.29. The number of alkyl carbamates (subject to hydrolysis) is 2. The third kappa shape index (κ3) is 12.8. The van der Waals surface area contributed by atoms with Gasteiger partial charge in [-0.25, -0.2) is 29.1 Å². The predicted molar refractivity (Wildman–Crippen MR) is 269 cm³/mol. The van der Waals surface area contributed by atoms with Gasteiger partial charge in [0.05, 0.1) is 31.2 Å². The molecule has 8 rings (SSSR count). The number of methoxy groups -OCH3 is 1. The quantitative estimate of drug-likeness (QED) is 0.0667. The Morgan fingerprint density at radius 2 is 1.10 bits per heavy atom. The van der Waals surface area contributed by atoms with Crippen molar-refractivity contribution in [3.8, 4) is 0 Å². The zero-order chi connectivity index (χ0) is 51.4. The van der Waals surface area contributed by atoms with Crippen LogP contribution >= 0.6 is 23.2 Å². The second-order valence-electron chi connectivity index (χ2n) is 19.3. The van der Waals surface area contributed by atoms with E-state index < -0.39 is 46.4 Å². The maximum atomic E-state index is 13.1. The monoisotopic (exact) mass is 1020 g/mol. The van der Waals surface area contributed by atoms with Crippen LogP contribution < -0.4 is 31.6 Å². The van der Waals surface area contributed by atoms with Crippen molar-refractivity contribution in [3.05, 3.63) is 114 Å². The number of imidazole rings is 2. The number of H-pyrrole nitrogens is 2. The van der Waals surface area contributed by atoms with E-state index in [0.29, 0.717) is 65.7 Å². The SMILES string of the molecule is CC(C)(C)OC(=O)N[C@@H]1CCCN(c2nc3cc(C(=O)O)[nH]c(=O)c3n2Cc2ccccc2Cl)C1.COC(=O)c1cc2nc(N3CCC[C@@H](NC(=O)OC(C)(C)C)C3)n(Cc3ccccc3Cl)c2c(=O)[nH]1. The van der Waals surface area contributed by atoms with Crippen LogP contribution in [0.5, 0.6) is 0 Å². The molecule has 0 bridgehead atoms. The van der Waals surface area contributed by atoms with E-state index in [-0.39, 0.29) is 41.0 Å². The van der Waals surface area contributed by atoms with Crippen molar-refractivity contribution in [1.82, 2.24) is 39.7 Å². The van der Waals surface area contributed by atoms with Crippen LogP contribution in [-0.2, 0) is 27.3 Å². The number of rotatable bonds is 10. The van der Waals surface area contributed by atoms with Gasteiger partial charge in [-0.15, -0.1) is 0 Å². The van der Waals surface area contributed by atoms with Gasteiger partial charge >= 0.3 is 24.1 Å². The maximum absolute atomic E-state index is 13.1. The number of aromatic nitrogens is 6. The number of nitrogens with one attached hydrogen (secondary N) is 4. The first-order valence-corrected chi connectivity index (χ1v) is 23.9. The van der Waals surface area contributed by atoms with E-state index in [2.05, 4.69) is 25.6 Å². The van der Waals surface area contributed by atoms with Crippen LogP contribution in [0.3, 0.4) is 0 Å². The fourth-order valence-corrected chi connectivity index (χ4v) is 8.91. The molecule has 2 saturated heterocycles. The minimum Gasteiger partial charge on any atom is -0.477 e. The van der Waals surface area contributed by atoms with Gasteiger partial charge in [-0.3, -0.25) is 9.59 Å². The Balaban J connectivity index is 0.000000209. The van der Waals surface area contributed by atoms with Crippen LogP contribution in [0.1, 0.15) is 99.3 Å². The number of aromatic amines is 2. The molecule has 20 nitrogen and oxygen atoms in total. The normalized spacial score (nSPS) is 16.2. The van der Waals surface area contributed by atoms with Gasteiger partial charge in [-0.2, -0.15) is 0 Å². The number of aromatic carboxylic acids is 1. The predicted octanol–water partition coefficient (Wildman–Crippen LogP) is 7.32. The number of pyridine rings is 2. The molecule has 2 atom stereocenters. The highest BCUT2D eigenvalue weighted by atomic mass is 35.5. The summed E-state index contributed by atoms with van der Waals surface area (Å²) in [5.74, 6) is -0.849. The molecule has 0 unspecified atom stereocenters. The van der Waals surface area contributed by atoms with Gasteiger partial charge in [0, 0.05) is 48.3 Å².